The normalized spacial score (nSPS) is 20.6. The lowest BCUT2D eigenvalue weighted by atomic mass is 9.96. The Morgan fingerprint density at radius 1 is 1.16 bits per heavy atom. The molecule has 6 heteroatoms. The van der Waals surface area contributed by atoms with Crippen LogP contribution in [-0.4, -0.2) is 39.5 Å². The molecule has 0 aromatic carbocycles. The number of H-pyrrole nitrogens is 1. The Balaban J connectivity index is 1.84. The number of carbonyl (C=O) groups excluding carboxylic acids is 1. The van der Waals surface area contributed by atoms with Gasteiger partial charge < -0.3 is 15.0 Å². The molecular formula is C19H26N2O4. The second kappa shape index (κ2) is 7.85. The zero-order valence-electron chi connectivity index (χ0n) is 14.6. The summed E-state index contributed by atoms with van der Waals surface area (Å²) in [6.07, 6.45) is 8.26. The van der Waals surface area contributed by atoms with Crippen LogP contribution in [0.15, 0.2) is 10.9 Å². The van der Waals surface area contributed by atoms with Gasteiger partial charge in [-0.1, -0.05) is 6.42 Å². The van der Waals surface area contributed by atoms with E-state index in [1.807, 2.05) is 0 Å². The number of likely N-dealkylation sites (tertiary alicyclic amines) is 1. The van der Waals surface area contributed by atoms with Crippen molar-refractivity contribution in [2.24, 2.45) is 0 Å². The van der Waals surface area contributed by atoms with E-state index in [-0.39, 0.29) is 29.5 Å². The van der Waals surface area contributed by atoms with Crippen molar-refractivity contribution in [1.82, 2.24) is 9.88 Å². The Morgan fingerprint density at radius 3 is 2.76 bits per heavy atom. The maximum absolute atomic E-state index is 13.0. The standard InChI is InChI=1S/C19H26N2O4/c22-17(23)10-9-14-7-4-5-11-21(14)19(25)15-12-13-6-2-1-3-8-16(13)20-18(15)24/h12,14H,1-11H2,(H,20,24)(H,22,23). The van der Waals surface area contributed by atoms with E-state index in [0.29, 0.717) is 13.0 Å². The number of piperidine rings is 1. The van der Waals surface area contributed by atoms with Crippen LogP contribution in [0.4, 0.5) is 0 Å². The van der Waals surface area contributed by atoms with Gasteiger partial charge in [0, 0.05) is 24.7 Å². The third kappa shape index (κ3) is 4.11. The van der Waals surface area contributed by atoms with E-state index in [9.17, 15) is 14.4 Å². The number of aromatic amines is 1. The molecule has 1 aromatic rings. The molecule has 1 fully saturated rings. The SMILES string of the molecule is O=C(O)CCC1CCCCN1C(=O)c1cc2c([nH]c1=O)CCCCC2. The topological polar surface area (TPSA) is 90.5 Å². The number of aromatic nitrogens is 1. The molecule has 1 aliphatic carbocycles. The van der Waals surface area contributed by atoms with E-state index in [2.05, 4.69) is 4.98 Å². The number of hydrogen-bond acceptors (Lipinski definition) is 3. The van der Waals surface area contributed by atoms with E-state index in [1.54, 1.807) is 11.0 Å². The molecule has 6 nitrogen and oxygen atoms in total. The summed E-state index contributed by atoms with van der Waals surface area (Å²) >= 11 is 0. The van der Waals surface area contributed by atoms with Crippen molar-refractivity contribution in [2.45, 2.75) is 70.3 Å². The van der Waals surface area contributed by atoms with E-state index in [0.717, 1.165) is 62.6 Å². The van der Waals surface area contributed by atoms with Crippen LogP contribution in [0.25, 0.3) is 0 Å². The zero-order valence-corrected chi connectivity index (χ0v) is 14.6. The van der Waals surface area contributed by atoms with Crippen molar-refractivity contribution in [3.05, 3.63) is 33.2 Å². The summed E-state index contributed by atoms with van der Waals surface area (Å²) in [4.78, 5) is 41.0. The molecule has 25 heavy (non-hydrogen) atoms. The number of carboxylic acids is 1. The molecule has 1 aromatic heterocycles. The maximum atomic E-state index is 13.0. The van der Waals surface area contributed by atoms with Crippen molar-refractivity contribution in [3.8, 4) is 0 Å². The van der Waals surface area contributed by atoms with Crippen molar-refractivity contribution in [3.63, 3.8) is 0 Å². The summed E-state index contributed by atoms with van der Waals surface area (Å²) in [7, 11) is 0. The molecule has 0 saturated carbocycles. The average Bonchev–Trinajstić information content (AvgIpc) is 2.83. The molecule has 0 radical (unpaired) electrons. The highest BCUT2D eigenvalue weighted by Crippen LogP contribution is 2.24. The summed E-state index contributed by atoms with van der Waals surface area (Å²) < 4.78 is 0. The minimum absolute atomic E-state index is 0.0506. The first-order valence-electron chi connectivity index (χ1n) is 9.34. The van der Waals surface area contributed by atoms with Crippen LogP contribution < -0.4 is 5.56 Å². The molecule has 2 N–H and O–H groups in total. The van der Waals surface area contributed by atoms with E-state index in [4.69, 9.17) is 5.11 Å². The third-order valence-electron chi connectivity index (χ3n) is 5.40. The van der Waals surface area contributed by atoms with Crippen LogP contribution in [-0.2, 0) is 17.6 Å². The number of nitrogens with one attached hydrogen (secondary N) is 1. The molecule has 1 aliphatic heterocycles. The first-order valence-corrected chi connectivity index (χ1v) is 9.34. The molecule has 1 atom stereocenters. The Bertz CT molecular complexity index is 710. The minimum Gasteiger partial charge on any atom is -0.481 e. The summed E-state index contributed by atoms with van der Waals surface area (Å²) in [6.45, 7) is 0.597. The van der Waals surface area contributed by atoms with Crippen molar-refractivity contribution < 1.29 is 14.7 Å². The van der Waals surface area contributed by atoms with Crippen LogP contribution >= 0.6 is 0 Å². The van der Waals surface area contributed by atoms with Crippen molar-refractivity contribution in [1.29, 1.82) is 0 Å². The second-order valence-corrected chi connectivity index (χ2v) is 7.16. The Morgan fingerprint density at radius 2 is 1.96 bits per heavy atom. The van der Waals surface area contributed by atoms with Gasteiger partial charge in [-0.25, -0.2) is 0 Å². The number of amides is 1. The molecular weight excluding hydrogens is 320 g/mol. The number of fused-ring (bicyclic) bond motifs is 1. The van der Waals surface area contributed by atoms with Gasteiger partial charge in [-0.3, -0.25) is 14.4 Å². The highest BCUT2D eigenvalue weighted by Gasteiger charge is 2.29. The summed E-state index contributed by atoms with van der Waals surface area (Å²) in [5.41, 5.74) is 1.95. The van der Waals surface area contributed by atoms with Crippen LogP contribution in [0, 0.1) is 0 Å². The average molecular weight is 346 g/mol. The Hall–Kier alpha value is -2.11. The smallest absolute Gasteiger partial charge is 0.303 e. The fourth-order valence-corrected chi connectivity index (χ4v) is 4.02. The zero-order chi connectivity index (χ0) is 17.8. The van der Waals surface area contributed by atoms with Crippen LogP contribution in [0.3, 0.4) is 0 Å². The summed E-state index contributed by atoms with van der Waals surface area (Å²) in [5.74, 6) is -1.09. The lowest BCUT2D eigenvalue weighted by Crippen LogP contribution is -2.45. The van der Waals surface area contributed by atoms with Gasteiger partial charge in [0.1, 0.15) is 5.56 Å². The fraction of sp³-hybridized carbons (Fsp3) is 0.632. The van der Waals surface area contributed by atoms with Gasteiger partial charge in [0.15, 0.2) is 0 Å². The Kier molecular flexibility index (Phi) is 5.56. The number of hydrogen-bond donors (Lipinski definition) is 2. The van der Waals surface area contributed by atoms with E-state index >= 15 is 0 Å². The predicted molar refractivity (Wildman–Crippen MR) is 93.9 cm³/mol. The summed E-state index contributed by atoms with van der Waals surface area (Å²) in [5, 5.41) is 8.93. The minimum atomic E-state index is -0.846. The van der Waals surface area contributed by atoms with E-state index in [1.165, 1.54) is 0 Å². The molecule has 1 saturated heterocycles. The van der Waals surface area contributed by atoms with Gasteiger partial charge in [0.25, 0.3) is 11.5 Å². The summed E-state index contributed by atoms with van der Waals surface area (Å²) in [6, 6.07) is 1.69. The van der Waals surface area contributed by atoms with Gasteiger partial charge in [0.05, 0.1) is 0 Å². The molecule has 0 bridgehead atoms. The lowest BCUT2D eigenvalue weighted by Gasteiger charge is -2.35. The largest absolute Gasteiger partial charge is 0.481 e. The van der Waals surface area contributed by atoms with Gasteiger partial charge in [-0.05, 0) is 63.0 Å². The Labute approximate surface area is 147 Å². The molecule has 1 amide bonds. The molecule has 1 unspecified atom stereocenters. The van der Waals surface area contributed by atoms with Crippen LogP contribution in [0.5, 0.6) is 0 Å². The maximum Gasteiger partial charge on any atom is 0.303 e. The van der Waals surface area contributed by atoms with Gasteiger partial charge in [0.2, 0.25) is 0 Å². The molecule has 3 rings (SSSR count). The predicted octanol–water partition coefficient (Wildman–Crippen LogP) is 2.50. The molecule has 136 valence electrons. The number of carboxylic acid groups (broad SMARTS) is 1. The number of aryl methyl sites for hydroxylation is 2. The fourth-order valence-electron chi connectivity index (χ4n) is 4.02. The monoisotopic (exact) mass is 346 g/mol. The number of aliphatic carboxylic acids is 1. The first kappa shape index (κ1) is 17.7. The van der Waals surface area contributed by atoms with Crippen LogP contribution in [0.1, 0.15) is 73.0 Å². The van der Waals surface area contributed by atoms with Gasteiger partial charge in [-0.15, -0.1) is 0 Å². The lowest BCUT2D eigenvalue weighted by molar-refractivity contribution is -0.137. The third-order valence-corrected chi connectivity index (χ3v) is 5.40. The molecule has 2 aliphatic rings. The number of nitrogens with zero attached hydrogens (tertiary/aromatic N) is 1. The van der Waals surface area contributed by atoms with Crippen molar-refractivity contribution in [2.75, 3.05) is 6.54 Å². The molecule has 2 heterocycles. The van der Waals surface area contributed by atoms with Gasteiger partial charge >= 0.3 is 5.97 Å². The number of carbonyl (C=O) groups is 2. The quantitative estimate of drug-likeness (QED) is 0.820. The second-order valence-electron chi connectivity index (χ2n) is 7.16. The van der Waals surface area contributed by atoms with E-state index < -0.39 is 5.97 Å². The highest BCUT2D eigenvalue weighted by atomic mass is 16.4. The number of pyridine rings is 1. The first-order chi connectivity index (χ1) is 12.1. The molecule has 0 spiro atoms. The highest BCUT2D eigenvalue weighted by molar-refractivity contribution is 5.94. The van der Waals surface area contributed by atoms with Crippen molar-refractivity contribution >= 4 is 11.9 Å². The van der Waals surface area contributed by atoms with Crippen LogP contribution in [0.2, 0.25) is 0 Å². The van der Waals surface area contributed by atoms with Gasteiger partial charge in [-0.2, -0.15) is 0 Å². The number of rotatable bonds is 4.